The highest BCUT2D eigenvalue weighted by atomic mass is 16.5. The quantitative estimate of drug-likeness (QED) is 0.726. The van der Waals surface area contributed by atoms with Crippen LogP contribution in [0.5, 0.6) is 0 Å². The van der Waals surface area contributed by atoms with Gasteiger partial charge in [0.15, 0.2) is 0 Å². The van der Waals surface area contributed by atoms with E-state index in [4.69, 9.17) is 9.47 Å². The van der Waals surface area contributed by atoms with Crippen LogP contribution in [0.1, 0.15) is 33.1 Å². The van der Waals surface area contributed by atoms with E-state index in [2.05, 4.69) is 0 Å². The van der Waals surface area contributed by atoms with Gasteiger partial charge in [0, 0.05) is 20.1 Å². The minimum absolute atomic E-state index is 0.151. The Balaban J connectivity index is 2.35. The van der Waals surface area contributed by atoms with Crippen molar-refractivity contribution in [2.24, 2.45) is 0 Å². The Labute approximate surface area is 80.0 Å². The Morgan fingerprint density at radius 1 is 1.54 bits per heavy atom. The summed E-state index contributed by atoms with van der Waals surface area (Å²) in [6.45, 7) is 4.75. The molecule has 1 aliphatic heterocycles. The zero-order chi connectivity index (χ0) is 9.90. The second-order valence-corrected chi connectivity index (χ2v) is 4.34. The Kier molecular flexibility index (Phi) is 3.71. The highest BCUT2D eigenvalue weighted by Gasteiger charge is 2.27. The first-order valence-corrected chi connectivity index (χ1v) is 4.88. The van der Waals surface area contributed by atoms with E-state index in [0.717, 1.165) is 19.3 Å². The summed E-state index contributed by atoms with van der Waals surface area (Å²) in [5, 5.41) is 9.43. The van der Waals surface area contributed by atoms with Crippen LogP contribution in [-0.4, -0.2) is 36.6 Å². The van der Waals surface area contributed by atoms with Crippen LogP contribution in [0.4, 0.5) is 0 Å². The molecule has 0 bridgehead atoms. The topological polar surface area (TPSA) is 38.7 Å². The molecule has 1 N–H and O–H groups in total. The van der Waals surface area contributed by atoms with Crippen LogP contribution in [0, 0.1) is 0 Å². The van der Waals surface area contributed by atoms with Crippen LogP contribution in [0.3, 0.4) is 0 Å². The minimum Gasteiger partial charge on any atom is -0.393 e. The number of aliphatic hydroxyl groups is 1. The van der Waals surface area contributed by atoms with Crippen molar-refractivity contribution in [2.75, 3.05) is 13.7 Å². The molecule has 3 heteroatoms. The van der Waals surface area contributed by atoms with Crippen LogP contribution in [0.15, 0.2) is 0 Å². The fourth-order valence-electron chi connectivity index (χ4n) is 1.63. The highest BCUT2D eigenvalue weighted by molar-refractivity contribution is 4.78. The molecule has 1 heterocycles. The van der Waals surface area contributed by atoms with Crippen molar-refractivity contribution in [2.45, 2.75) is 50.9 Å². The van der Waals surface area contributed by atoms with Crippen LogP contribution in [0.2, 0.25) is 0 Å². The average molecular weight is 188 g/mol. The molecule has 13 heavy (non-hydrogen) atoms. The largest absolute Gasteiger partial charge is 0.393 e. The third-order valence-electron chi connectivity index (χ3n) is 2.61. The number of ether oxygens (including phenoxy) is 2. The van der Waals surface area contributed by atoms with Crippen molar-refractivity contribution in [1.29, 1.82) is 0 Å². The van der Waals surface area contributed by atoms with Gasteiger partial charge in [0.1, 0.15) is 0 Å². The number of hydrogen-bond donors (Lipinski definition) is 1. The molecule has 0 radical (unpaired) electrons. The first kappa shape index (κ1) is 11.0. The Morgan fingerprint density at radius 2 is 2.23 bits per heavy atom. The molecule has 1 saturated heterocycles. The van der Waals surface area contributed by atoms with Crippen molar-refractivity contribution in [1.82, 2.24) is 0 Å². The second-order valence-electron chi connectivity index (χ2n) is 4.34. The highest BCUT2D eigenvalue weighted by Crippen LogP contribution is 2.24. The summed E-state index contributed by atoms with van der Waals surface area (Å²) in [5.74, 6) is 0. The average Bonchev–Trinajstić information content (AvgIpc) is 2.03. The van der Waals surface area contributed by atoms with Crippen molar-refractivity contribution in [3.05, 3.63) is 0 Å². The monoisotopic (exact) mass is 188 g/mol. The molecule has 0 aliphatic carbocycles. The van der Waals surface area contributed by atoms with Crippen molar-refractivity contribution < 1.29 is 14.6 Å². The van der Waals surface area contributed by atoms with E-state index in [1.165, 1.54) is 0 Å². The third-order valence-corrected chi connectivity index (χ3v) is 2.61. The molecule has 2 atom stereocenters. The zero-order valence-electron chi connectivity index (χ0n) is 8.75. The van der Waals surface area contributed by atoms with Crippen LogP contribution >= 0.6 is 0 Å². The second kappa shape index (κ2) is 4.40. The summed E-state index contributed by atoms with van der Waals surface area (Å²) in [7, 11) is 1.71. The molecular weight excluding hydrogens is 168 g/mol. The lowest BCUT2D eigenvalue weighted by atomic mass is 9.95. The molecule has 0 aromatic carbocycles. The molecule has 1 rings (SSSR count). The molecule has 1 fully saturated rings. The van der Waals surface area contributed by atoms with E-state index in [1.54, 1.807) is 7.11 Å². The van der Waals surface area contributed by atoms with Crippen LogP contribution < -0.4 is 0 Å². The predicted molar refractivity (Wildman–Crippen MR) is 50.7 cm³/mol. The van der Waals surface area contributed by atoms with Gasteiger partial charge in [-0.3, -0.25) is 0 Å². The fraction of sp³-hybridized carbons (Fsp3) is 1.00. The summed E-state index contributed by atoms with van der Waals surface area (Å²) in [5.41, 5.74) is -0.151. The van der Waals surface area contributed by atoms with E-state index >= 15 is 0 Å². The maximum atomic E-state index is 9.43. The molecule has 0 aromatic rings. The van der Waals surface area contributed by atoms with Crippen LogP contribution in [-0.2, 0) is 9.47 Å². The van der Waals surface area contributed by atoms with E-state index in [9.17, 15) is 5.11 Å². The lowest BCUT2D eigenvalue weighted by Gasteiger charge is -2.32. The summed E-state index contributed by atoms with van der Waals surface area (Å²) < 4.78 is 10.9. The van der Waals surface area contributed by atoms with E-state index in [0.29, 0.717) is 6.61 Å². The van der Waals surface area contributed by atoms with E-state index < -0.39 is 0 Å². The Morgan fingerprint density at radius 3 is 2.77 bits per heavy atom. The minimum atomic E-state index is -0.189. The lowest BCUT2D eigenvalue weighted by molar-refractivity contribution is -0.0868. The van der Waals surface area contributed by atoms with Gasteiger partial charge in [-0.1, -0.05) is 0 Å². The van der Waals surface area contributed by atoms with Gasteiger partial charge in [-0.05, 0) is 26.7 Å². The zero-order valence-corrected chi connectivity index (χ0v) is 8.75. The molecular formula is C10H20O3. The predicted octanol–water partition coefficient (Wildman–Crippen LogP) is 1.34. The molecule has 0 amide bonds. The summed E-state index contributed by atoms with van der Waals surface area (Å²) in [4.78, 5) is 0. The van der Waals surface area contributed by atoms with Gasteiger partial charge >= 0.3 is 0 Å². The summed E-state index contributed by atoms with van der Waals surface area (Å²) in [6, 6.07) is 0. The first-order chi connectivity index (χ1) is 6.03. The molecule has 0 aromatic heterocycles. The van der Waals surface area contributed by atoms with Gasteiger partial charge in [0.25, 0.3) is 0 Å². The van der Waals surface area contributed by atoms with Gasteiger partial charge in [-0.15, -0.1) is 0 Å². The van der Waals surface area contributed by atoms with Crippen molar-refractivity contribution in [3.8, 4) is 0 Å². The van der Waals surface area contributed by atoms with E-state index in [-0.39, 0.29) is 17.8 Å². The number of rotatable bonds is 3. The smallest absolute Gasteiger partial charge is 0.0647 e. The molecule has 3 nitrogen and oxygen atoms in total. The standard InChI is InChI=1S/C10H20O3/c1-10(2,12-3)7-9-6-8(11)4-5-13-9/h8-9,11H,4-7H2,1-3H3. The van der Waals surface area contributed by atoms with Crippen LogP contribution in [0.25, 0.3) is 0 Å². The summed E-state index contributed by atoms with van der Waals surface area (Å²) in [6.07, 6.45) is 2.32. The molecule has 78 valence electrons. The first-order valence-electron chi connectivity index (χ1n) is 4.88. The Bertz CT molecular complexity index is 156. The number of methoxy groups -OCH3 is 1. The third kappa shape index (κ3) is 3.63. The summed E-state index contributed by atoms with van der Waals surface area (Å²) >= 11 is 0. The van der Waals surface area contributed by atoms with Crippen molar-refractivity contribution in [3.63, 3.8) is 0 Å². The van der Waals surface area contributed by atoms with Crippen molar-refractivity contribution >= 4 is 0 Å². The number of hydrogen-bond acceptors (Lipinski definition) is 3. The molecule has 0 spiro atoms. The van der Waals surface area contributed by atoms with Gasteiger partial charge in [0.2, 0.25) is 0 Å². The van der Waals surface area contributed by atoms with Gasteiger partial charge in [0.05, 0.1) is 17.8 Å². The maximum Gasteiger partial charge on any atom is 0.0647 e. The molecule has 1 aliphatic rings. The normalized spacial score (nSPS) is 30.5. The SMILES string of the molecule is COC(C)(C)CC1CC(O)CCO1. The molecule has 2 unspecified atom stereocenters. The maximum absolute atomic E-state index is 9.43. The van der Waals surface area contributed by atoms with Gasteiger partial charge in [-0.2, -0.15) is 0 Å². The number of aliphatic hydroxyl groups excluding tert-OH is 1. The van der Waals surface area contributed by atoms with Gasteiger partial charge < -0.3 is 14.6 Å². The van der Waals surface area contributed by atoms with Gasteiger partial charge in [-0.25, -0.2) is 0 Å². The Hall–Kier alpha value is -0.120. The molecule has 0 saturated carbocycles. The van der Waals surface area contributed by atoms with E-state index in [1.807, 2.05) is 13.8 Å². The lowest BCUT2D eigenvalue weighted by Crippen LogP contribution is -2.36. The fourth-order valence-corrected chi connectivity index (χ4v) is 1.63.